The summed E-state index contributed by atoms with van der Waals surface area (Å²) in [6.07, 6.45) is 1.62. The van der Waals surface area contributed by atoms with Crippen LogP contribution in [0.4, 0.5) is 5.69 Å². The first-order valence-corrected chi connectivity index (χ1v) is 11.1. The summed E-state index contributed by atoms with van der Waals surface area (Å²) in [6.45, 7) is 2.02. The van der Waals surface area contributed by atoms with Gasteiger partial charge in [-0.2, -0.15) is 5.10 Å². The van der Waals surface area contributed by atoms with Crippen LogP contribution in [0, 0.1) is 6.92 Å². The van der Waals surface area contributed by atoms with Crippen LogP contribution in [0.5, 0.6) is 5.75 Å². The predicted octanol–water partition coefficient (Wildman–Crippen LogP) is 6.48. The monoisotopic (exact) mass is 536 g/mol. The fraction of sp³-hybridized carbons (Fsp3) is 0.0417. The summed E-state index contributed by atoms with van der Waals surface area (Å²) in [5.74, 6) is 0.675. The van der Waals surface area contributed by atoms with Crippen molar-refractivity contribution in [2.45, 2.75) is 6.92 Å². The van der Waals surface area contributed by atoms with Gasteiger partial charge in [-0.05, 0) is 86.3 Å². The molecule has 0 radical (unpaired) electrons. The zero-order valence-electron chi connectivity index (χ0n) is 16.6. The number of fused-ring (bicyclic) bond motifs is 1. The highest BCUT2D eigenvalue weighted by atomic mass is 79.9. The molecular weight excluding hydrogens is 520 g/mol. The highest BCUT2D eigenvalue weighted by Gasteiger charge is 2.11. The van der Waals surface area contributed by atoms with E-state index in [-0.39, 0.29) is 5.75 Å². The van der Waals surface area contributed by atoms with Gasteiger partial charge >= 0.3 is 0 Å². The third kappa shape index (κ3) is 5.18. The van der Waals surface area contributed by atoms with Crippen molar-refractivity contribution in [2.75, 3.05) is 0 Å². The Hall–Kier alpha value is -3.03. The van der Waals surface area contributed by atoms with Gasteiger partial charge in [0.25, 0.3) is 0 Å². The maximum Gasteiger partial charge on any atom is 0.173 e. The van der Waals surface area contributed by atoms with E-state index in [9.17, 15) is 5.11 Å². The standard InChI is InChI=1S/C24H18Br2N4O/c1-15-11-19(25)23(20(26)12-15)29-24(30-27-14-16-5-4-7-18(31)13-16)22-10-9-17-6-2-3-8-21(17)28-22/h2-14,31H,1H3,(H,29,30)/b27-14+. The number of amidine groups is 1. The molecule has 0 saturated carbocycles. The van der Waals surface area contributed by atoms with Crippen molar-refractivity contribution in [1.29, 1.82) is 0 Å². The Morgan fingerprint density at radius 3 is 2.52 bits per heavy atom. The fourth-order valence-corrected chi connectivity index (χ4v) is 4.61. The number of hydrazone groups is 1. The average Bonchev–Trinajstić information content (AvgIpc) is 2.74. The summed E-state index contributed by atoms with van der Waals surface area (Å²) in [7, 11) is 0. The number of halogens is 2. The van der Waals surface area contributed by atoms with Crippen LogP contribution in [0.3, 0.4) is 0 Å². The first-order chi connectivity index (χ1) is 15.0. The minimum absolute atomic E-state index is 0.182. The molecule has 0 bridgehead atoms. The van der Waals surface area contributed by atoms with E-state index in [2.05, 4.69) is 42.4 Å². The number of pyridine rings is 1. The van der Waals surface area contributed by atoms with Gasteiger partial charge in [0.2, 0.25) is 0 Å². The van der Waals surface area contributed by atoms with Crippen molar-refractivity contribution >= 4 is 60.5 Å². The molecule has 1 aromatic heterocycles. The molecule has 0 unspecified atom stereocenters. The largest absolute Gasteiger partial charge is 0.508 e. The zero-order chi connectivity index (χ0) is 21.8. The Balaban J connectivity index is 1.76. The van der Waals surface area contributed by atoms with Crippen LogP contribution in [0.1, 0.15) is 16.8 Å². The molecule has 4 aromatic rings. The second-order valence-corrected chi connectivity index (χ2v) is 8.60. The smallest absolute Gasteiger partial charge is 0.173 e. The number of phenolic OH excluding ortho intramolecular Hbond substituents is 1. The van der Waals surface area contributed by atoms with Crippen molar-refractivity contribution in [3.05, 3.63) is 98.6 Å². The molecule has 154 valence electrons. The molecule has 2 N–H and O–H groups in total. The predicted molar refractivity (Wildman–Crippen MR) is 133 cm³/mol. The van der Waals surface area contributed by atoms with Gasteiger partial charge < -0.3 is 5.11 Å². The molecule has 0 spiro atoms. The van der Waals surface area contributed by atoms with E-state index < -0.39 is 0 Å². The number of aromatic nitrogens is 1. The lowest BCUT2D eigenvalue weighted by molar-refractivity contribution is 0.475. The number of nitrogens with one attached hydrogen (secondary N) is 1. The van der Waals surface area contributed by atoms with E-state index in [1.807, 2.05) is 61.5 Å². The molecule has 0 saturated heterocycles. The first-order valence-electron chi connectivity index (χ1n) is 9.48. The lowest BCUT2D eigenvalue weighted by Crippen LogP contribution is -2.20. The first kappa shape index (κ1) is 21.2. The van der Waals surface area contributed by atoms with Crippen molar-refractivity contribution in [2.24, 2.45) is 10.1 Å². The average molecular weight is 538 g/mol. The number of hydrogen-bond acceptors (Lipinski definition) is 4. The number of aromatic hydroxyl groups is 1. The van der Waals surface area contributed by atoms with Crippen LogP contribution in [0.15, 0.2) is 91.8 Å². The second kappa shape index (κ2) is 9.41. The minimum Gasteiger partial charge on any atom is -0.508 e. The summed E-state index contributed by atoms with van der Waals surface area (Å²) in [5.41, 5.74) is 7.15. The number of hydrogen-bond donors (Lipinski definition) is 2. The van der Waals surface area contributed by atoms with Gasteiger partial charge in [-0.3, -0.25) is 5.43 Å². The third-order valence-corrected chi connectivity index (χ3v) is 5.69. The Kier molecular flexibility index (Phi) is 6.44. The molecule has 0 aliphatic rings. The highest BCUT2D eigenvalue weighted by Crippen LogP contribution is 2.35. The fourth-order valence-electron chi connectivity index (χ4n) is 3.02. The van der Waals surface area contributed by atoms with E-state index >= 15 is 0 Å². The van der Waals surface area contributed by atoms with Gasteiger partial charge in [-0.15, -0.1) is 0 Å². The number of aliphatic imine (C=N–C) groups is 1. The van der Waals surface area contributed by atoms with Gasteiger partial charge in [0, 0.05) is 14.3 Å². The Labute approximate surface area is 196 Å². The van der Waals surface area contributed by atoms with Crippen molar-refractivity contribution < 1.29 is 5.11 Å². The Morgan fingerprint density at radius 1 is 0.968 bits per heavy atom. The maximum atomic E-state index is 9.65. The van der Waals surface area contributed by atoms with Crippen LogP contribution < -0.4 is 5.43 Å². The second-order valence-electron chi connectivity index (χ2n) is 6.89. The van der Waals surface area contributed by atoms with Crippen LogP contribution >= 0.6 is 31.9 Å². The molecule has 0 fully saturated rings. The summed E-state index contributed by atoms with van der Waals surface area (Å²) >= 11 is 7.20. The topological polar surface area (TPSA) is 69.9 Å². The van der Waals surface area contributed by atoms with Gasteiger partial charge in [-0.1, -0.05) is 36.4 Å². The molecule has 5 nitrogen and oxygen atoms in total. The molecule has 0 aliphatic heterocycles. The highest BCUT2D eigenvalue weighted by molar-refractivity contribution is 9.11. The van der Waals surface area contributed by atoms with Gasteiger partial charge in [0.15, 0.2) is 5.84 Å². The molecule has 1 heterocycles. The van der Waals surface area contributed by atoms with E-state index in [0.717, 1.165) is 36.7 Å². The Morgan fingerprint density at radius 2 is 1.74 bits per heavy atom. The quantitative estimate of drug-likeness (QED) is 0.178. The molecule has 4 rings (SSSR count). The van der Waals surface area contributed by atoms with Gasteiger partial charge in [-0.25, -0.2) is 9.98 Å². The summed E-state index contributed by atoms with van der Waals surface area (Å²) < 4.78 is 1.72. The minimum atomic E-state index is 0.182. The number of rotatable bonds is 4. The van der Waals surface area contributed by atoms with Crippen LogP contribution in [-0.4, -0.2) is 22.1 Å². The van der Waals surface area contributed by atoms with Gasteiger partial charge in [0.1, 0.15) is 11.4 Å². The van der Waals surface area contributed by atoms with Crippen molar-refractivity contribution in [1.82, 2.24) is 10.4 Å². The Bertz CT molecular complexity index is 1290. The van der Waals surface area contributed by atoms with Crippen molar-refractivity contribution in [3.8, 4) is 5.75 Å². The molecular formula is C24H18Br2N4O. The molecule has 0 aliphatic carbocycles. The summed E-state index contributed by atoms with van der Waals surface area (Å²) in [4.78, 5) is 9.56. The SMILES string of the molecule is Cc1cc(Br)c(N=C(N/N=C/c2cccc(O)c2)c2ccc3ccccc3n2)c(Br)c1. The van der Waals surface area contributed by atoms with Crippen LogP contribution in [0.25, 0.3) is 10.9 Å². The molecule has 0 amide bonds. The van der Waals surface area contributed by atoms with Crippen LogP contribution in [-0.2, 0) is 0 Å². The lowest BCUT2D eigenvalue weighted by Gasteiger charge is -2.10. The normalized spacial score (nSPS) is 11.9. The zero-order valence-corrected chi connectivity index (χ0v) is 19.7. The van der Waals surface area contributed by atoms with E-state index in [1.165, 1.54) is 0 Å². The van der Waals surface area contributed by atoms with Gasteiger partial charge in [0.05, 0.1) is 17.4 Å². The van der Waals surface area contributed by atoms with E-state index in [1.54, 1.807) is 24.4 Å². The number of aryl methyl sites for hydroxylation is 1. The third-order valence-electron chi connectivity index (χ3n) is 4.48. The molecule has 31 heavy (non-hydrogen) atoms. The van der Waals surface area contributed by atoms with E-state index in [4.69, 9.17) is 9.98 Å². The van der Waals surface area contributed by atoms with E-state index in [0.29, 0.717) is 11.5 Å². The number of nitrogens with zero attached hydrogens (tertiary/aromatic N) is 3. The number of benzene rings is 3. The lowest BCUT2D eigenvalue weighted by atomic mass is 10.2. The van der Waals surface area contributed by atoms with Crippen LogP contribution in [0.2, 0.25) is 0 Å². The molecule has 0 atom stereocenters. The van der Waals surface area contributed by atoms with Crippen molar-refractivity contribution in [3.63, 3.8) is 0 Å². The maximum absolute atomic E-state index is 9.65. The number of phenols is 1. The summed E-state index contributed by atoms with van der Waals surface area (Å²) in [5, 5.41) is 15.0. The number of para-hydroxylation sites is 1. The molecule has 3 aromatic carbocycles. The molecule has 7 heteroatoms. The summed E-state index contributed by atoms with van der Waals surface area (Å²) in [6, 6.07) is 22.7.